The Morgan fingerprint density at radius 1 is 0.486 bits per heavy atom. The van der Waals surface area contributed by atoms with E-state index in [4.69, 9.17) is 86.0 Å². The largest absolute Gasteiger partial charge is 0.491 e. The zero-order valence-corrected chi connectivity index (χ0v) is 39.4. The Morgan fingerprint density at radius 2 is 0.829 bits per heavy atom. The van der Waals surface area contributed by atoms with Crippen molar-refractivity contribution in [3.05, 3.63) is 81.4 Å². The summed E-state index contributed by atoms with van der Waals surface area (Å²) in [7, 11) is 0. The molecule has 2 aromatic carbocycles. The van der Waals surface area contributed by atoms with E-state index in [1.807, 2.05) is 0 Å². The molecule has 2 aromatic heterocycles. The van der Waals surface area contributed by atoms with Gasteiger partial charge in [0.15, 0.2) is 56.9 Å². The maximum atomic E-state index is 12.4. The second kappa shape index (κ2) is 30.2. The Morgan fingerprint density at radius 3 is 1.20 bits per heavy atom. The zero-order chi connectivity index (χ0) is 50.7. The maximum Gasteiger partial charge on any atom is 0.280 e. The number of amides is 4. The summed E-state index contributed by atoms with van der Waals surface area (Å²) in [5, 5.41) is 9.84. The van der Waals surface area contributed by atoms with E-state index in [0.717, 1.165) is 11.1 Å². The van der Waals surface area contributed by atoms with E-state index in [2.05, 4.69) is 51.2 Å². The molecule has 0 bridgehead atoms. The first kappa shape index (κ1) is 55.2. The van der Waals surface area contributed by atoms with Gasteiger partial charge < -0.3 is 73.5 Å². The molecule has 2 heterocycles. The number of nitrogen functional groups attached to an aromatic ring is 4. The zero-order valence-electron chi connectivity index (χ0n) is 37.9. The van der Waals surface area contributed by atoms with Gasteiger partial charge in [0.05, 0.1) is 65.9 Å². The molecule has 28 heteroatoms. The predicted octanol–water partition coefficient (Wildman–Crippen LogP) is -0.0716. The number of aliphatic imine (C=N–C) groups is 2. The van der Waals surface area contributed by atoms with E-state index < -0.39 is 11.8 Å². The lowest BCUT2D eigenvalue weighted by Gasteiger charge is -2.10. The van der Waals surface area contributed by atoms with Crippen LogP contribution in [0, 0.1) is 0 Å². The van der Waals surface area contributed by atoms with Crippen LogP contribution in [0.25, 0.3) is 0 Å². The van der Waals surface area contributed by atoms with Crippen LogP contribution in [0.3, 0.4) is 0 Å². The lowest BCUT2D eigenvalue weighted by Crippen LogP contribution is -2.37. The summed E-state index contributed by atoms with van der Waals surface area (Å²) in [6, 6.07) is 14.2. The highest BCUT2D eigenvalue weighted by molar-refractivity contribution is 6.32. The second-order valence-electron chi connectivity index (χ2n) is 14.2. The van der Waals surface area contributed by atoms with Crippen molar-refractivity contribution in [3.63, 3.8) is 0 Å². The van der Waals surface area contributed by atoms with Crippen LogP contribution in [0.4, 0.5) is 23.3 Å². The summed E-state index contributed by atoms with van der Waals surface area (Å²) in [5.74, 6) is -1.65. The molecule has 0 radical (unpaired) electrons. The van der Waals surface area contributed by atoms with Gasteiger partial charge in [0.1, 0.15) is 24.7 Å². The van der Waals surface area contributed by atoms with E-state index in [9.17, 15) is 19.2 Å². The SMILES string of the molecule is NC(=NCc1ccc(OCCOCCOCCNC(=O)CCC(=O)NCCOCCOCCOc2ccc(CN=C(N)NC(=O)c3nc(Cl)c(N)nc3N)cc2)cc1)NC(=O)c1nc(Cl)c(N)nc1N. The molecular weight excluding hydrogens is 959 g/mol. The molecule has 26 nitrogen and oxygen atoms in total. The monoisotopic (exact) mass is 1010 g/mol. The molecular formula is C42H56Cl2N16O10. The summed E-state index contributed by atoms with van der Waals surface area (Å²) in [5.41, 5.74) is 35.2. The normalized spacial score (nSPS) is 11.5. The number of guanidine groups is 2. The Bertz CT molecular complexity index is 2240. The third kappa shape index (κ3) is 20.9. The van der Waals surface area contributed by atoms with Crippen LogP contribution in [0.1, 0.15) is 44.9 Å². The number of aromatic nitrogens is 4. The van der Waals surface area contributed by atoms with Crippen LogP contribution in [-0.4, -0.2) is 135 Å². The molecule has 4 aromatic rings. The molecule has 0 saturated heterocycles. The van der Waals surface area contributed by atoms with Gasteiger partial charge in [-0.3, -0.25) is 29.8 Å². The smallest absolute Gasteiger partial charge is 0.280 e. The van der Waals surface area contributed by atoms with Gasteiger partial charge in [0.25, 0.3) is 11.8 Å². The van der Waals surface area contributed by atoms with Crippen molar-refractivity contribution < 1.29 is 47.6 Å². The van der Waals surface area contributed by atoms with Gasteiger partial charge in [-0.05, 0) is 35.4 Å². The summed E-state index contributed by atoms with van der Waals surface area (Å²) in [4.78, 5) is 72.4. The lowest BCUT2D eigenvalue weighted by molar-refractivity contribution is -0.126. The summed E-state index contributed by atoms with van der Waals surface area (Å²) >= 11 is 11.6. The van der Waals surface area contributed by atoms with Gasteiger partial charge in [-0.25, -0.2) is 29.9 Å². The minimum absolute atomic E-state index is 0.0385. The van der Waals surface area contributed by atoms with Gasteiger partial charge >= 0.3 is 0 Å². The Labute approximate surface area is 411 Å². The van der Waals surface area contributed by atoms with E-state index in [1.54, 1.807) is 48.5 Å². The summed E-state index contributed by atoms with van der Waals surface area (Å²) < 4.78 is 33.4. The highest BCUT2D eigenvalue weighted by atomic mass is 35.5. The molecule has 0 spiro atoms. The number of ether oxygens (including phenoxy) is 6. The van der Waals surface area contributed by atoms with Gasteiger partial charge in [-0.2, -0.15) is 0 Å². The average molecular weight is 1020 g/mol. The van der Waals surface area contributed by atoms with Crippen LogP contribution in [0.2, 0.25) is 10.3 Å². The fraction of sp³-hybridized carbons (Fsp3) is 0.381. The molecule has 16 N–H and O–H groups in total. The molecule has 0 aliphatic heterocycles. The van der Waals surface area contributed by atoms with Crippen LogP contribution in [-0.2, 0) is 41.6 Å². The summed E-state index contributed by atoms with van der Waals surface area (Å²) in [6.45, 7) is 4.12. The number of halogens is 2. The quantitative estimate of drug-likeness (QED) is 0.0193. The van der Waals surface area contributed by atoms with E-state index in [1.165, 1.54) is 0 Å². The average Bonchev–Trinajstić information content (AvgIpc) is 3.33. The number of benzene rings is 2. The fourth-order valence-electron chi connectivity index (χ4n) is 5.39. The molecule has 0 saturated carbocycles. The molecule has 0 atom stereocenters. The van der Waals surface area contributed by atoms with Crippen molar-refractivity contribution >= 4 is 82.0 Å². The second-order valence-corrected chi connectivity index (χ2v) is 14.9. The van der Waals surface area contributed by atoms with Crippen molar-refractivity contribution in [2.24, 2.45) is 21.5 Å². The highest BCUT2D eigenvalue weighted by Gasteiger charge is 2.18. The minimum Gasteiger partial charge on any atom is -0.491 e. The van der Waals surface area contributed by atoms with Gasteiger partial charge in [-0.1, -0.05) is 47.5 Å². The third-order valence-corrected chi connectivity index (χ3v) is 9.44. The molecule has 4 rings (SSSR count). The standard InChI is InChI=1S/C42H56Cl2N16O10/c43-33-37(47)57-35(45)31(55-33)39(63)59-41(49)53-23-25-1-5-27(6-2-25)69-21-19-67-17-15-65-13-11-51-29(61)9-10-30(62)52-12-14-66-16-18-68-20-22-70-28-7-3-26(4-8-28)24-54-42(50)60-40(64)32-36(46)58-38(48)34(44)56-32/h1-8H,9-24H2,(H,51,61)(H,52,62)(H4,45,47,57)(H4,46,48,58)(H3,49,53,59,63)(H3,50,54,60,64). The number of hydrogen-bond acceptors (Lipinski definition) is 20. The third-order valence-electron chi connectivity index (χ3n) is 8.89. The number of hydrogen-bond donors (Lipinski definition) is 10. The van der Waals surface area contributed by atoms with Crippen LogP contribution in [0.5, 0.6) is 11.5 Å². The van der Waals surface area contributed by atoms with Crippen molar-refractivity contribution in [1.82, 2.24) is 41.2 Å². The Kier molecular flexibility index (Phi) is 23.8. The first-order chi connectivity index (χ1) is 33.7. The van der Waals surface area contributed by atoms with Crippen molar-refractivity contribution in [2.45, 2.75) is 25.9 Å². The first-order valence-electron chi connectivity index (χ1n) is 21.4. The highest BCUT2D eigenvalue weighted by Crippen LogP contribution is 2.19. The molecule has 0 aliphatic carbocycles. The van der Waals surface area contributed by atoms with E-state index >= 15 is 0 Å². The number of rotatable bonds is 29. The Hall–Kier alpha value is -7.36. The maximum absolute atomic E-state index is 12.4. The molecule has 4 amide bonds. The van der Waals surface area contributed by atoms with Crippen LogP contribution < -0.4 is 65.1 Å². The predicted molar refractivity (Wildman–Crippen MR) is 260 cm³/mol. The number of anilines is 4. The molecule has 0 aliphatic rings. The Balaban J connectivity index is 0.900. The van der Waals surface area contributed by atoms with Gasteiger partial charge in [0.2, 0.25) is 11.8 Å². The fourth-order valence-corrected chi connectivity index (χ4v) is 5.65. The molecule has 378 valence electrons. The van der Waals surface area contributed by atoms with Crippen LogP contribution in [0.15, 0.2) is 58.5 Å². The number of carbonyl (C=O) groups is 4. The first-order valence-corrected chi connectivity index (χ1v) is 22.1. The van der Waals surface area contributed by atoms with Gasteiger partial charge in [-0.15, -0.1) is 0 Å². The summed E-state index contributed by atoms with van der Waals surface area (Å²) in [6.07, 6.45) is 0.0770. The number of nitrogens with zero attached hydrogens (tertiary/aromatic N) is 6. The molecule has 70 heavy (non-hydrogen) atoms. The van der Waals surface area contributed by atoms with E-state index in [0.29, 0.717) is 77.4 Å². The lowest BCUT2D eigenvalue weighted by atomic mass is 10.2. The van der Waals surface area contributed by atoms with E-state index in [-0.39, 0.29) is 108 Å². The van der Waals surface area contributed by atoms with Crippen molar-refractivity contribution in [2.75, 3.05) is 102 Å². The topological polar surface area (TPSA) is 404 Å². The minimum atomic E-state index is -0.733. The van der Waals surface area contributed by atoms with Crippen LogP contribution >= 0.6 is 23.2 Å². The number of nitrogens with one attached hydrogen (secondary N) is 4. The number of nitrogens with two attached hydrogens (primary N) is 6. The van der Waals surface area contributed by atoms with Crippen molar-refractivity contribution in [3.8, 4) is 11.5 Å². The molecule has 0 fully saturated rings. The molecule has 0 unspecified atom stereocenters. The number of carbonyl (C=O) groups excluding carboxylic acids is 4. The van der Waals surface area contributed by atoms with Crippen molar-refractivity contribution in [1.29, 1.82) is 0 Å². The van der Waals surface area contributed by atoms with Gasteiger partial charge in [0, 0.05) is 25.9 Å².